The minimum atomic E-state index is -0.190. The van der Waals surface area contributed by atoms with Crippen LogP contribution in [-0.4, -0.2) is 53.1 Å². The largest absolute Gasteiger partial charge is 0.334 e. The Balaban J connectivity index is 0.00000106. The highest BCUT2D eigenvalue weighted by Gasteiger charge is 2.19. The van der Waals surface area contributed by atoms with Gasteiger partial charge in [0.05, 0.1) is 0 Å². The molecule has 1 atom stereocenters. The minimum Gasteiger partial charge on any atom is -0.334 e. The van der Waals surface area contributed by atoms with Gasteiger partial charge in [-0.15, -0.1) is 10.2 Å². The van der Waals surface area contributed by atoms with Crippen LogP contribution >= 0.6 is 23.1 Å². The molecule has 2 heterocycles. The number of amides is 2. The summed E-state index contributed by atoms with van der Waals surface area (Å²) in [6.07, 6.45) is 2.16. The average Bonchev–Trinajstić information content (AvgIpc) is 2.88. The number of hydrogen-bond acceptors (Lipinski definition) is 6. The highest BCUT2D eigenvalue weighted by Crippen LogP contribution is 2.24. The first-order valence-electron chi connectivity index (χ1n) is 7.39. The lowest BCUT2D eigenvalue weighted by atomic mass is 10.1. The van der Waals surface area contributed by atoms with Gasteiger partial charge >= 0.3 is 6.03 Å². The summed E-state index contributed by atoms with van der Waals surface area (Å²) in [5.41, 5.74) is 0. The van der Waals surface area contributed by atoms with E-state index in [1.165, 1.54) is 11.3 Å². The number of aromatic nitrogens is 2. The van der Waals surface area contributed by atoms with Gasteiger partial charge in [-0.25, -0.2) is 4.79 Å². The fraction of sp³-hybridized carbons (Fsp3) is 0.769. The van der Waals surface area contributed by atoms with Crippen LogP contribution in [0.15, 0.2) is 4.34 Å². The summed E-state index contributed by atoms with van der Waals surface area (Å²) in [7, 11) is 2.07. The number of likely N-dealkylation sites (tertiary alicyclic amines) is 1. The fourth-order valence-electron chi connectivity index (χ4n) is 2.04. The van der Waals surface area contributed by atoms with Crippen LogP contribution in [0.4, 0.5) is 9.93 Å². The number of likely N-dealkylation sites (N-methyl/N-ethyl adjacent to an activating group) is 1. The Bertz CT molecular complexity index is 426. The molecule has 1 fully saturated rings. The number of anilines is 1. The number of urea groups is 1. The Kier molecular flexibility index (Phi) is 8.63. The van der Waals surface area contributed by atoms with E-state index in [1.54, 1.807) is 11.8 Å². The van der Waals surface area contributed by atoms with Crippen molar-refractivity contribution in [3.63, 3.8) is 0 Å². The van der Waals surface area contributed by atoms with Gasteiger partial charge in [0.15, 0.2) is 4.34 Å². The summed E-state index contributed by atoms with van der Waals surface area (Å²) in [4.78, 5) is 14.1. The lowest BCUT2D eigenvalue weighted by molar-refractivity contribution is 0.216. The van der Waals surface area contributed by atoms with Crippen molar-refractivity contribution in [2.45, 2.75) is 44.0 Å². The smallest absolute Gasteiger partial charge is 0.321 e. The monoisotopic (exact) mass is 331 g/mol. The van der Waals surface area contributed by atoms with Gasteiger partial charge in [-0.2, -0.15) is 0 Å². The molecule has 1 aliphatic rings. The second kappa shape index (κ2) is 9.97. The van der Waals surface area contributed by atoms with E-state index >= 15 is 0 Å². The van der Waals surface area contributed by atoms with Crippen molar-refractivity contribution in [1.82, 2.24) is 20.4 Å². The molecule has 0 bridgehead atoms. The van der Waals surface area contributed by atoms with Crippen molar-refractivity contribution in [3.8, 4) is 0 Å². The predicted molar refractivity (Wildman–Crippen MR) is 90.3 cm³/mol. The zero-order valence-electron chi connectivity index (χ0n) is 13.2. The third-order valence-electron chi connectivity index (χ3n) is 2.85. The molecule has 0 unspecified atom stereocenters. The molecule has 0 aliphatic carbocycles. The van der Waals surface area contributed by atoms with Gasteiger partial charge in [0, 0.05) is 12.6 Å². The number of rotatable bonds is 4. The van der Waals surface area contributed by atoms with Crippen LogP contribution in [0.2, 0.25) is 0 Å². The SMILES string of the molecule is CC.CCSc1nnc(NC(=O)N[C@@H]2CCCN(C)C2)s1. The number of carbonyl (C=O) groups is 1. The summed E-state index contributed by atoms with van der Waals surface area (Å²) >= 11 is 3.03. The minimum absolute atomic E-state index is 0.190. The molecule has 1 aromatic rings. The van der Waals surface area contributed by atoms with E-state index in [4.69, 9.17) is 0 Å². The molecule has 1 aromatic heterocycles. The molecule has 1 saturated heterocycles. The van der Waals surface area contributed by atoms with E-state index in [2.05, 4.69) is 39.7 Å². The highest BCUT2D eigenvalue weighted by atomic mass is 32.2. The molecule has 2 rings (SSSR count). The predicted octanol–water partition coefficient (Wildman–Crippen LogP) is 2.89. The second-order valence-electron chi connectivity index (χ2n) is 4.51. The first kappa shape index (κ1) is 18.2. The van der Waals surface area contributed by atoms with Crippen LogP contribution in [0.3, 0.4) is 0 Å². The van der Waals surface area contributed by atoms with Crippen LogP contribution in [0.1, 0.15) is 33.6 Å². The topological polar surface area (TPSA) is 70.1 Å². The molecule has 6 nitrogen and oxygen atoms in total. The Hall–Kier alpha value is -0.860. The molecule has 1 aliphatic heterocycles. The summed E-state index contributed by atoms with van der Waals surface area (Å²) in [6, 6.07) is 0.0284. The number of nitrogens with zero attached hydrogens (tertiary/aromatic N) is 3. The van der Waals surface area contributed by atoms with Crippen LogP contribution in [0.25, 0.3) is 0 Å². The Morgan fingerprint density at radius 1 is 1.48 bits per heavy atom. The van der Waals surface area contributed by atoms with Crippen molar-refractivity contribution in [3.05, 3.63) is 0 Å². The van der Waals surface area contributed by atoms with Gasteiger partial charge in [0.25, 0.3) is 0 Å². The molecule has 0 saturated carbocycles. The van der Waals surface area contributed by atoms with Crippen molar-refractivity contribution in [1.29, 1.82) is 0 Å². The molecular formula is C13H25N5OS2. The number of thioether (sulfide) groups is 1. The first-order chi connectivity index (χ1) is 10.2. The van der Waals surface area contributed by atoms with E-state index in [0.717, 1.165) is 36.0 Å². The molecule has 8 heteroatoms. The summed E-state index contributed by atoms with van der Waals surface area (Å²) < 4.78 is 0.884. The third kappa shape index (κ3) is 6.62. The zero-order chi connectivity index (χ0) is 15.7. The molecule has 0 radical (unpaired) electrons. The van der Waals surface area contributed by atoms with E-state index in [9.17, 15) is 4.79 Å². The molecule has 0 aromatic carbocycles. The maximum Gasteiger partial charge on any atom is 0.321 e. The molecule has 2 N–H and O–H groups in total. The highest BCUT2D eigenvalue weighted by molar-refractivity contribution is 8.01. The van der Waals surface area contributed by atoms with Crippen molar-refractivity contribution < 1.29 is 4.79 Å². The first-order valence-corrected chi connectivity index (χ1v) is 9.20. The summed E-state index contributed by atoms with van der Waals surface area (Å²) in [5.74, 6) is 0.954. The van der Waals surface area contributed by atoms with E-state index in [1.807, 2.05) is 13.8 Å². The molecule has 2 amide bonds. The van der Waals surface area contributed by atoms with Crippen LogP contribution < -0.4 is 10.6 Å². The Labute approximate surface area is 135 Å². The molecular weight excluding hydrogens is 306 g/mol. The molecule has 0 spiro atoms. The van der Waals surface area contributed by atoms with E-state index in [0.29, 0.717) is 5.13 Å². The molecule has 21 heavy (non-hydrogen) atoms. The van der Waals surface area contributed by atoms with Gasteiger partial charge in [0.2, 0.25) is 5.13 Å². The summed E-state index contributed by atoms with van der Waals surface area (Å²) in [6.45, 7) is 8.07. The standard InChI is InChI=1S/C11H19N5OS2.C2H6/c1-3-18-11-15-14-10(19-11)13-9(17)12-8-5-4-6-16(2)7-8;1-2/h8H,3-7H2,1-2H3,(H2,12,13,14,17);1-2H3/t8-;/m1./s1. The number of hydrogen-bond donors (Lipinski definition) is 2. The summed E-state index contributed by atoms with van der Waals surface area (Å²) in [5, 5.41) is 14.2. The van der Waals surface area contributed by atoms with E-state index in [-0.39, 0.29) is 12.1 Å². The number of piperidine rings is 1. The lowest BCUT2D eigenvalue weighted by Crippen LogP contribution is -2.47. The van der Waals surface area contributed by atoms with Gasteiger partial charge in [-0.3, -0.25) is 5.32 Å². The zero-order valence-corrected chi connectivity index (χ0v) is 14.8. The van der Waals surface area contributed by atoms with Gasteiger partial charge < -0.3 is 10.2 Å². The van der Waals surface area contributed by atoms with Crippen LogP contribution in [-0.2, 0) is 0 Å². The number of carbonyl (C=O) groups excluding carboxylic acids is 1. The van der Waals surface area contributed by atoms with Gasteiger partial charge in [0.1, 0.15) is 0 Å². The fourth-order valence-corrected chi connectivity index (χ4v) is 3.69. The molecule has 120 valence electrons. The Morgan fingerprint density at radius 3 is 2.90 bits per heavy atom. The quantitative estimate of drug-likeness (QED) is 0.656. The Morgan fingerprint density at radius 2 is 2.24 bits per heavy atom. The van der Waals surface area contributed by atoms with Crippen LogP contribution in [0.5, 0.6) is 0 Å². The van der Waals surface area contributed by atoms with Crippen molar-refractivity contribution in [2.24, 2.45) is 0 Å². The van der Waals surface area contributed by atoms with Crippen molar-refractivity contribution >= 4 is 34.3 Å². The number of nitrogens with one attached hydrogen (secondary N) is 2. The maximum atomic E-state index is 11.8. The van der Waals surface area contributed by atoms with Crippen LogP contribution in [0, 0.1) is 0 Å². The second-order valence-corrected chi connectivity index (χ2v) is 6.99. The van der Waals surface area contributed by atoms with Crippen molar-refractivity contribution in [2.75, 3.05) is 31.2 Å². The van der Waals surface area contributed by atoms with E-state index < -0.39 is 0 Å². The van der Waals surface area contributed by atoms with Gasteiger partial charge in [-0.05, 0) is 32.2 Å². The normalized spacial score (nSPS) is 18.6. The third-order valence-corrected chi connectivity index (χ3v) is 4.71. The average molecular weight is 332 g/mol. The maximum absolute atomic E-state index is 11.8. The van der Waals surface area contributed by atoms with Gasteiger partial charge in [-0.1, -0.05) is 43.9 Å². The lowest BCUT2D eigenvalue weighted by Gasteiger charge is -2.29.